The van der Waals surface area contributed by atoms with Gasteiger partial charge in [-0.05, 0) is 56.3 Å². The van der Waals surface area contributed by atoms with E-state index in [4.69, 9.17) is 11.5 Å². The second-order valence-corrected chi connectivity index (χ2v) is 5.66. The second-order valence-electron chi connectivity index (χ2n) is 4.84. The minimum atomic E-state index is 0.569. The number of aliphatic imine (C=N–C) groups is 1. The van der Waals surface area contributed by atoms with Crippen molar-refractivity contribution in [2.75, 3.05) is 12.8 Å². The van der Waals surface area contributed by atoms with Crippen LogP contribution < -0.4 is 16.8 Å². The van der Waals surface area contributed by atoms with E-state index in [2.05, 4.69) is 30.2 Å². The molecule has 24 heavy (non-hydrogen) atoms. The van der Waals surface area contributed by atoms with E-state index in [1.165, 1.54) is 6.20 Å². The normalized spacial score (nSPS) is 14.8. The van der Waals surface area contributed by atoms with Crippen molar-refractivity contribution in [3.8, 4) is 0 Å². The lowest BCUT2D eigenvalue weighted by Crippen LogP contribution is -2.19. The van der Waals surface area contributed by atoms with E-state index in [1.54, 1.807) is 30.0 Å². The van der Waals surface area contributed by atoms with Crippen molar-refractivity contribution in [3.05, 3.63) is 82.9 Å². The van der Waals surface area contributed by atoms with E-state index in [0.29, 0.717) is 18.1 Å². The van der Waals surface area contributed by atoms with Crippen LogP contribution in [0.4, 0.5) is 0 Å². The molecule has 0 saturated carbocycles. The van der Waals surface area contributed by atoms with Crippen molar-refractivity contribution in [1.29, 1.82) is 0 Å². The summed E-state index contributed by atoms with van der Waals surface area (Å²) < 4.78 is 0. The van der Waals surface area contributed by atoms with Gasteiger partial charge in [0.1, 0.15) is 5.82 Å². The molecule has 5 N–H and O–H groups in total. The summed E-state index contributed by atoms with van der Waals surface area (Å²) in [5.74, 6) is 0.626. The molecule has 0 bridgehead atoms. The molecule has 0 heterocycles. The third kappa shape index (κ3) is 6.79. The Bertz CT molecular complexity index is 619. The average Bonchev–Trinajstić information content (AvgIpc) is 2.59. The van der Waals surface area contributed by atoms with Crippen LogP contribution in [0, 0.1) is 0 Å². The maximum Gasteiger partial charge on any atom is 0.130 e. The first kappa shape index (κ1) is 21.6. The molecule has 0 rings (SSSR count). The van der Waals surface area contributed by atoms with Crippen molar-refractivity contribution >= 4 is 18.5 Å². The minimum absolute atomic E-state index is 0.569. The number of nitrogens with zero attached hydrogens (tertiary/aromatic N) is 1. The maximum absolute atomic E-state index is 6.01. The number of hydrogen-bond donors (Lipinski definition) is 3. The fourth-order valence-electron chi connectivity index (χ4n) is 1.90. The molecule has 0 radical (unpaired) electrons. The van der Waals surface area contributed by atoms with Gasteiger partial charge in [-0.15, -0.1) is 11.8 Å². The topological polar surface area (TPSA) is 76.4 Å². The fraction of sp³-hybridized carbons (Fsp3) is 0.211. The van der Waals surface area contributed by atoms with Gasteiger partial charge in [-0.3, -0.25) is 0 Å². The van der Waals surface area contributed by atoms with Crippen LogP contribution in [0.25, 0.3) is 0 Å². The molecule has 0 amide bonds. The largest absolute Gasteiger partial charge is 0.405 e. The molecule has 0 aliphatic rings. The van der Waals surface area contributed by atoms with Crippen molar-refractivity contribution in [2.24, 2.45) is 16.5 Å². The zero-order chi connectivity index (χ0) is 18.5. The molecule has 0 spiro atoms. The number of nitrogens with one attached hydrogen (secondary N) is 1. The Balaban J connectivity index is 5.56. The summed E-state index contributed by atoms with van der Waals surface area (Å²) in [5, 5.41) is 3.28. The molecule has 0 atom stereocenters. The molecule has 0 unspecified atom stereocenters. The highest BCUT2D eigenvalue weighted by molar-refractivity contribution is 8.02. The predicted molar refractivity (Wildman–Crippen MR) is 111 cm³/mol. The van der Waals surface area contributed by atoms with Crippen LogP contribution in [0.2, 0.25) is 0 Å². The third-order valence-corrected chi connectivity index (χ3v) is 4.25. The number of thioether (sulfide) groups is 1. The van der Waals surface area contributed by atoms with Gasteiger partial charge in [0.25, 0.3) is 0 Å². The summed E-state index contributed by atoms with van der Waals surface area (Å²) in [7, 11) is 0. The Hall–Kier alpha value is -2.40. The van der Waals surface area contributed by atoms with Crippen LogP contribution in [0.1, 0.15) is 13.8 Å². The Morgan fingerprint density at radius 3 is 2.38 bits per heavy atom. The van der Waals surface area contributed by atoms with Crippen molar-refractivity contribution in [3.63, 3.8) is 0 Å². The Morgan fingerprint density at radius 2 is 1.92 bits per heavy atom. The highest BCUT2D eigenvalue weighted by Gasteiger charge is 2.09. The van der Waals surface area contributed by atoms with Gasteiger partial charge in [-0.1, -0.05) is 31.4 Å². The number of nitrogens with two attached hydrogens (primary N) is 2. The minimum Gasteiger partial charge on any atom is -0.405 e. The maximum atomic E-state index is 6.01. The number of hydrogen-bond acceptors (Lipinski definition) is 5. The van der Waals surface area contributed by atoms with Crippen molar-refractivity contribution in [1.82, 2.24) is 5.32 Å². The average molecular weight is 345 g/mol. The SMILES string of the molecule is C=C/C=C(CN\C(N=C)=C(C)/C(N)=C/C=C\N)\C(SC)=C(/C)C=C. The first-order valence-corrected chi connectivity index (χ1v) is 8.64. The van der Waals surface area contributed by atoms with Crippen LogP contribution >= 0.6 is 11.8 Å². The molecule has 0 saturated heterocycles. The highest BCUT2D eigenvalue weighted by Crippen LogP contribution is 2.26. The van der Waals surface area contributed by atoms with E-state index >= 15 is 0 Å². The van der Waals surface area contributed by atoms with E-state index in [-0.39, 0.29) is 0 Å². The Morgan fingerprint density at radius 1 is 1.25 bits per heavy atom. The van der Waals surface area contributed by atoms with Gasteiger partial charge in [-0.25, -0.2) is 4.99 Å². The fourth-order valence-corrected chi connectivity index (χ4v) is 2.71. The molecule has 0 aromatic carbocycles. The quantitative estimate of drug-likeness (QED) is 0.416. The van der Waals surface area contributed by atoms with Crippen molar-refractivity contribution < 1.29 is 0 Å². The third-order valence-electron chi connectivity index (χ3n) is 3.26. The molecule has 5 heteroatoms. The summed E-state index contributed by atoms with van der Waals surface area (Å²) in [6, 6.07) is 0. The summed E-state index contributed by atoms with van der Waals surface area (Å²) in [6.07, 6.45) is 12.4. The molecular weight excluding hydrogens is 316 g/mol. The molecule has 0 aromatic rings. The molecule has 0 fully saturated rings. The Labute approximate surface area is 150 Å². The van der Waals surface area contributed by atoms with E-state index in [0.717, 1.165) is 21.6 Å². The highest BCUT2D eigenvalue weighted by atomic mass is 32.2. The lowest BCUT2D eigenvalue weighted by molar-refractivity contribution is 0.850. The van der Waals surface area contributed by atoms with Crippen LogP contribution in [0.5, 0.6) is 0 Å². The Kier molecular flexibility index (Phi) is 10.9. The van der Waals surface area contributed by atoms with Crippen LogP contribution in [0.3, 0.4) is 0 Å². The molecule has 4 nitrogen and oxygen atoms in total. The molecule has 0 aromatic heterocycles. The summed E-state index contributed by atoms with van der Waals surface area (Å²) in [4.78, 5) is 5.19. The summed E-state index contributed by atoms with van der Waals surface area (Å²) in [6.45, 7) is 15.7. The number of allylic oxidation sites excluding steroid dienone is 7. The van der Waals surface area contributed by atoms with Crippen molar-refractivity contribution in [2.45, 2.75) is 13.8 Å². The summed E-state index contributed by atoms with van der Waals surface area (Å²) in [5.41, 5.74) is 14.9. The van der Waals surface area contributed by atoms with Gasteiger partial charge in [0, 0.05) is 22.7 Å². The van der Waals surface area contributed by atoms with Gasteiger partial charge in [0.2, 0.25) is 0 Å². The second kappa shape index (κ2) is 12.1. The molecular formula is C19H28N4S. The van der Waals surface area contributed by atoms with Gasteiger partial charge in [0.05, 0.1) is 0 Å². The first-order chi connectivity index (χ1) is 11.5. The van der Waals surface area contributed by atoms with Crippen LogP contribution in [0.15, 0.2) is 87.9 Å². The van der Waals surface area contributed by atoms with Gasteiger partial charge in [0.15, 0.2) is 0 Å². The molecule has 130 valence electrons. The lowest BCUT2D eigenvalue weighted by Gasteiger charge is -2.16. The zero-order valence-corrected chi connectivity index (χ0v) is 15.6. The van der Waals surface area contributed by atoms with E-state index < -0.39 is 0 Å². The summed E-state index contributed by atoms with van der Waals surface area (Å²) >= 11 is 1.67. The standard InChI is InChI=1S/C19H28N4S/c1-7-10-16(18(24-6)14(3)8-2)13-23-19(22-5)15(4)17(21)11-9-12-20/h7-12,23H,1-2,5,13,20-21H2,3-4,6H3/b12-9-,16-10-,17-11-,18-14-,19-15-. The lowest BCUT2D eigenvalue weighted by atomic mass is 10.1. The van der Waals surface area contributed by atoms with Gasteiger partial charge >= 0.3 is 0 Å². The number of rotatable bonds is 10. The molecule has 0 aliphatic carbocycles. The van der Waals surface area contributed by atoms with E-state index in [1.807, 2.05) is 32.3 Å². The molecule has 0 aliphatic heterocycles. The predicted octanol–water partition coefficient (Wildman–Crippen LogP) is 3.76. The van der Waals surface area contributed by atoms with Gasteiger partial charge < -0.3 is 16.8 Å². The van der Waals surface area contributed by atoms with Crippen LogP contribution in [-0.2, 0) is 0 Å². The van der Waals surface area contributed by atoms with Gasteiger partial charge in [-0.2, -0.15) is 0 Å². The van der Waals surface area contributed by atoms with E-state index in [9.17, 15) is 0 Å². The zero-order valence-electron chi connectivity index (χ0n) is 14.8. The monoisotopic (exact) mass is 344 g/mol. The van der Waals surface area contributed by atoms with Crippen LogP contribution in [-0.4, -0.2) is 19.5 Å². The first-order valence-electron chi connectivity index (χ1n) is 7.41. The smallest absolute Gasteiger partial charge is 0.130 e.